The van der Waals surface area contributed by atoms with E-state index in [2.05, 4.69) is 5.32 Å². The third-order valence-electron chi connectivity index (χ3n) is 4.45. The zero-order chi connectivity index (χ0) is 20.0. The van der Waals surface area contributed by atoms with Crippen LogP contribution in [0.1, 0.15) is 42.1 Å². The molecule has 1 heterocycles. The number of rotatable bonds is 2. The summed E-state index contributed by atoms with van der Waals surface area (Å²) in [6.45, 7) is 1.89. The van der Waals surface area contributed by atoms with Crippen LogP contribution in [-0.2, 0) is 4.79 Å². The van der Waals surface area contributed by atoms with Crippen molar-refractivity contribution in [1.29, 1.82) is 0 Å². The van der Waals surface area contributed by atoms with Crippen molar-refractivity contribution in [3.05, 3.63) is 41.5 Å². The molecule has 7 heteroatoms. The van der Waals surface area contributed by atoms with Gasteiger partial charge in [-0.3, -0.25) is 9.59 Å². The first-order chi connectivity index (χ1) is 12.9. The number of hydrogen-bond acceptors (Lipinski definition) is 6. The third kappa shape index (κ3) is 5.18. The maximum Gasteiger partial charge on any atom is 0.255 e. The lowest BCUT2D eigenvalue weighted by Crippen LogP contribution is -2.35. The monoisotopic (exact) mass is 375 g/mol. The Hall–Kier alpha value is -2.64. The molecule has 1 aliphatic rings. The van der Waals surface area contributed by atoms with Crippen molar-refractivity contribution in [2.75, 3.05) is 7.11 Å². The van der Waals surface area contributed by atoms with Gasteiger partial charge in [0, 0.05) is 12.1 Å². The molecule has 0 aromatic heterocycles. The van der Waals surface area contributed by atoms with Crippen molar-refractivity contribution >= 4 is 17.8 Å². The Balaban J connectivity index is 2.47. The molecule has 0 saturated heterocycles. The predicted molar refractivity (Wildman–Crippen MR) is 101 cm³/mol. The Morgan fingerprint density at radius 1 is 1.15 bits per heavy atom. The van der Waals surface area contributed by atoms with Gasteiger partial charge in [-0.15, -0.1) is 0 Å². The second-order valence-corrected chi connectivity index (χ2v) is 6.38. The summed E-state index contributed by atoms with van der Waals surface area (Å²) >= 11 is 0. The highest BCUT2D eigenvalue weighted by Crippen LogP contribution is 2.29. The van der Waals surface area contributed by atoms with Crippen molar-refractivity contribution in [3.8, 4) is 11.5 Å². The van der Waals surface area contributed by atoms with Gasteiger partial charge in [-0.05, 0) is 37.0 Å². The second-order valence-electron chi connectivity index (χ2n) is 6.38. The molecule has 1 aromatic carbocycles. The molecular formula is C20H25NO6. The fourth-order valence-corrected chi connectivity index (χ4v) is 2.80. The van der Waals surface area contributed by atoms with Crippen LogP contribution in [0, 0.1) is 0 Å². The van der Waals surface area contributed by atoms with Crippen LogP contribution in [0.25, 0.3) is 6.08 Å². The molecule has 3 atom stereocenters. The first-order valence-electron chi connectivity index (χ1n) is 8.82. The van der Waals surface area contributed by atoms with E-state index in [0.717, 1.165) is 0 Å². The molecule has 0 spiro atoms. The largest absolute Gasteiger partial charge is 0.507 e. The highest BCUT2D eigenvalue weighted by Gasteiger charge is 2.23. The summed E-state index contributed by atoms with van der Waals surface area (Å²) in [7, 11) is 1.44. The van der Waals surface area contributed by atoms with Crippen LogP contribution in [-0.4, -0.2) is 52.4 Å². The minimum absolute atomic E-state index is 0.00262. The van der Waals surface area contributed by atoms with Crippen LogP contribution in [0.2, 0.25) is 0 Å². The van der Waals surface area contributed by atoms with Gasteiger partial charge in [0.2, 0.25) is 0 Å². The number of hydrogen-bond donors (Lipinski definition) is 4. The summed E-state index contributed by atoms with van der Waals surface area (Å²) in [6.07, 6.45) is 4.02. The van der Waals surface area contributed by atoms with Gasteiger partial charge >= 0.3 is 0 Å². The highest BCUT2D eigenvalue weighted by atomic mass is 16.5. The van der Waals surface area contributed by atoms with Gasteiger partial charge in [0.15, 0.2) is 5.78 Å². The van der Waals surface area contributed by atoms with Crippen LogP contribution in [0.5, 0.6) is 11.5 Å². The molecule has 1 amide bonds. The van der Waals surface area contributed by atoms with E-state index >= 15 is 0 Å². The molecule has 0 aliphatic carbocycles. The fourth-order valence-electron chi connectivity index (χ4n) is 2.80. The maximum absolute atomic E-state index is 12.7. The van der Waals surface area contributed by atoms with E-state index in [0.29, 0.717) is 24.2 Å². The Kier molecular flexibility index (Phi) is 7.15. The molecule has 1 aliphatic heterocycles. The first kappa shape index (κ1) is 20.7. The molecule has 27 heavy (non-hydrogen) atoms. The summed E-state index contributed by atoms with van der Waals surface area (Å²) in [5, 5.41) is 33.1. The van der Waals surface area contributed by atoms with E-state index in [1.165, 1.54) is 25.3 Å². The molecule has 0 radical (unpaired) electrons. The summed E-state index contributed by atoms with van der Waals surface area (Å²) in [5.74, 6) is -0.886. The van der Waals surface area contributed by atoms with Crippen molar-refractivity contribution in [3.63, 3.8) is 0 Å². The van der Waals surface area contributed by atoms with Gasteiger partial charge in [-0.2, -0.15) is 0 Å². The zero-order valence-corrected chi connectivity index (χ0v) is 15.4. The molecule has 0 fully saturated rings. The summed E-state index contributed by atoms with van der Waals surface area (Å²) < 4.78 is 5.13. The van der Waals surface area contributed by atoms with Crippen LogP contribution >= 0.6 is 0 Å². The number of ketones is 1. The predicted octanol–water partition coefficient (Wildman–Crippen LogP) is 1.56. The van der Waals surface area contributed by atoms with E-state index in [9.17, 15) is 24.9 Å². The van der Waals surface area contributed by atoms with Crippen LogP contribution in [0.4, 0.5) is 0 Å². The number of carbonyl (C=O) groups excluding carboxylic acids is 2. The average molecular weight is 375 g/mol. The number of phenols is 1. The van der Waals surface area contributed by atoms with Gasteiger partial charge in [0.1, 0.15) is 17.6 Å². The molecule has 146 valence electrons. The molecule has 3 unspecified atom stereocenters. The molecule has 1 aromatic rings. The average Bonchev–Trinajstić information content (AvgIpc) is 2.64. The Bertz CT molecular complexity index is 755. The maximum atomic E-state index is 12.7. The number of aromatic hydroxyl groups is 1. The number of ether oxygens (including phenoxy) is 1. The lowest BCUT2D eigenvalue weighted by atomic mass is 10.00. The van der Waals surface area contributed by atoms with E-state index in [1.54, 1.807) is 18.2 Å². The Morgan fingerprint density at radius 3 is 2.52 bits per heavy atom. The van der Waals surface area contributed by atoms with Gasteiger partial charge < -0.3 is 25.4 Å². The third-order valence-corrected chi connectivity index (χ3v) is 4.45. The lowest BCUT2D eigenvalue weighted by Gasteiger charge is -2.18. The number of carbonyl (C=O) groups is 2. The van der Waals surface area contributed by atoms with Crippen LogP contribution < -0.4 is 10.1 Å². The van der Waals surface area contributed by atoms with E-state index in [1.807, 2.05) is 6.92 Å². The Morgan fingerprint density at radius 2 is 1.85 bits per heavy atom. The van der Waals surface area contributed by atoms with Crippen molar-refractivity contribution in [1.82, 2.24) is 5.32 Å². The van der Waals surface area contributed by atoms with Gasteiger partial charge in [-0.25, -0.2) is 0 Å². The SMILES string of the molecule is CCC1C/C=C\C(=O)C(O)C(O)C/C=C/c2cc(OC)cc(O)c2C(=O)N1. The van der Waals surface area contributed by atoms with Crippen molar-refractivity contribution in [2.24, 2.45) is 0 Å². The standard InChI is InChI=1S/C20H25NO6/c1-3-13-7-5-9-16(23)19(25)15(22)8-4-6-12-10-14(27-2)11-17(24)18(12)20(26)21-13/h4-6,9-11,13,15,19,22,24-25H,3,7-8H2,1-2H3,(H,21,26)/b6-4+,9-5-. The Labute approximate surface area is 158 Å². The number of methoxy groups -OCH3 is 1. The quantitative estimate of drug-likeness (QED) is 0.623. The van der Waals surface area contributed by atoms with Crippen molar-refractivity contribution in [2.45, 2.75) is 44.4 Å². The number of fused-ring (bicyclic) bond motifs is 1. The minimum Gasteiger partial charge on any atom is -0.507 e. The van der Waals surface area contributed by atoms with Gasteiger partial charge in [0.25, 0.3) is 5.91 Å². The van der Waals surface area contributed by atoms with Crippen LogP contribution in [0.15, 0.2) is 30.4 Å². The second kappa shape index (κ2) is 9.34. The number of aliphatic hydroxyl groups is 2. The number of benzene rings is 1. The fraction of sp³-hybridized carbons (Fsp3) is 0.400. The lowest BCUT2D eigenvalue weighted by molar-refractivity contribution is -0.127. The topological polar surface area (TPSA) is 116 Å². The number of amides is 1. The normalized spacial score (nSPS) is 26.4. The smallest absolute Gasteiger partial charge is 0.255 e. The number of phenolic OH excluding ortho intramolecular Hbond substituents is 1. The molecule has 4 N–H and O–H groups in total. The minimum atomic E-state index is -1.53. The number of nitrogens with one attached hydrogen (secondary N) is 1. The van der Waals surface area contributed by atoms with E-state index < -0.39 is 23.9 Å². The number of aliphatic hydroxyl groups excluding tert-OH is 2. The molecule has 0 saturated carbocycles. The van der Waals surface area contributed by atoms with Crippen molar-refractivity contribution < 1.29 is 29.6 Å². The van der Waals surface area contributed by atoms with Gasteiger partial charge in [0.05, 0.1) is 18.8 Å². The first-order valence-corrected chi connectivity index (χ1v) is 8.82. The highest BCUT2D eigenvalue weighted by molar-refractivity contribution is 6.01. The summed E-state index contributed by atoms with van der Waals surface area (Å²) in [5.41, 5.74) is 0.498. The molecular weight excluding hydrogens is 350 g/mol. The van der Waals surface area contributed by atoms with E-state index in [-0.39, 0.29) is 23.8 Å². The summed E-state index contributed by atoms with van der Waals surface area (Å²) in [4.78, 5) is 24.6. The summed E-state index contributed by atoms with van der Waals surface area (Å²) in [6, 6.07) is 2.68. The van der Waals surface area contributed by atoms with Crippen LogP contribution in [0.3, 0.4) is 0 Å². The molecule has 0 bridgehead atoms. The van der Waals surface area contributed by atoms with Gasteiger partial charge in [-0.1, -0.05) is 25.2 Å². The molecule has 7 nitrogen and oxygen atoms in total. The molecule has 2 rings (SSSR count). The zero-order valence-electron chi connectivity index (χ0n) is 15.4. The van der Waals surface area contributed by atoms with E-state index in [4.69, 9.17) is 4.74 Å².